The second kappa shape index (κ2) is 5.03. The summed E-state index contributed by atoms with van der Waals surface area (Å²) in [6.45, 7) is 0.549. The molecular formula is C12H16FN5. The summed E-state index contributed by atoms with van der Waals surface area (Å²) in [5.41, 5.74) is 1.00. The van der Waals surface area contributed by atoms with Crippen molar-refractivity contribution < 1.29 is 4.39 Å². The number of hydrogen-bond acceptors (Lipinski definition) is 4. The van der Waals surface area contributed by atoms with Crippen LogP contribution in [0.3, 0.4) is 0 Å². The van der Waals surface area contributed by atoms with Crippen LogP contribution in [0.1, 0.15) is 5.69 Å². The van der Waals surface area contributed by atoms with Crippen LogP contribution in [0.4, 0.5) is 16.2 Å². The van der Waals surface area contributed by atoms with Gasteiger partial charge in [-0.2, -0.15) is 4.39 Å². The molecule has 0 unspecified atom stereocenters. The van der Waals surface area contributed by atoms with E-state index in [9.17, 15) is 4.39 Å². The Morgan fingerprint density at radius 2 is 2.17 bits per heavy atom. The van der Waals surface area contributed by atoms with E-state index < -0.39 is 5.95 Å². The molecule has 0 atom stereocenters. The molecule has 1 N–H and O–H groups in total. The van der Waals surface area contributed by atoms with E-state index in [1.165, 1.54) is 6.07 Å². The monoisotopic (exact) mass is 249 g/mol. The number of nitrogens with zero attached hydrogens (tertiary/aromatic N) is 4. The van der Waals surface area contributed by atoms with Gasteiger partial charge in [-0.3, -0.25) is 0 Å². The standard InChI is InChI=1S/C12H16FN5/c1-17(2)12-15-8-9(18(12)3)7-14-11-6-4-5-10(13)16-11/h4-6,8H,7H2,1-3H3,(H,14,16). The summed E-state index contributed by atoms with van der Waals surface area (Å²) >= 11 is 0. The molecule has 0 spiro atoms. The summed E-state index contributed by atoms with van der Waals surface area (Å²) in [7, 11) is 5.82. The fourth-order valence-corrected chi connectivity index (χ4v) is 1.70. The fourth-order valence-electron chi connectivity index (χ4n) is 1.70. The number of imidazole rings is 1. The molecule has 2 aromatic heterocycles. The largest absolute Gasteiger partial charge is 0.364 e. The Morgan fingerprint density at radius 3 is 2.78 bits per heavy atom. The molecule has 6 heteroatoms. The summed E-state index contributed by atoms with van der Waals surface area (Å²) < 4.78 is 14.9. The summed E-state index contributed by atoms with van der Waals surface area (Å²) in [5.74, 6) is 0.903. The lowest BCUT2D eigenvalue weighted by Crippen LogP contribution is -2.15. The van der Waals surface area contributed by atoms with Gasteiger partial charge in [0, 0.05) is 21.1 Å². The molecule has 0 fully saturated rings. The first-order valence-corrected chi connectivity index (χ1v) is 5.62. The summed E-state index contributed by atoms with van der Waals surface area (Å²) in [6, 6.07) is 4.67. The number of aromatic nitrogens is 3. The molecular weight excluding hydrogens is 233 g/mol. The van der Waals surface area contributed by atoms with E-state index in [4.69, 9.17) is 0 Å². The number of nitrogens with one attached hydrogen (secondary N) is 1. The van der Waals surface area contributed by atoms with Crippen LogP contribution in [-0.4, -0.2) is 28.6 Å². The topological polar surface area (TPSA) is 46.0 Å². The third-order valence-electron chi connectivity index (χ3n) is 2.63. The van der Waals surface area contributed by atoms with Gasteiger partial charge in [0.05, 0.1) is 18.4 Å². The molecule has 0 saturated carbocycles. The number of anilines is 2. The molecule has 2 heterocycles. The third kappa shape index (κ3) is 2.58. The SMILES string of the molecule is CN(C)c1ncc(CNc2cccc(F)n2)n1C. The molecule has 0 amide bonds. The average Bonchev–Trinajstić information content (AvgIpc) is 2.68. The maximum Gasteiger partial charge on any atom is 0.214 e. The predicted octanol–water partition coefficient (Wildman–Crippen LogP) is 1.63. The summed E-state index contributed by atoms with van der Waals surface area (Å²) in [6.07, 6.45) is 1.79. The van der Waals surface area contributed by atoms with Crippen LogP contribution in [-0.2, 0) is 13.6 Å². The maximum atomic E-state index is 12.9. The fraction of sp³-hybridized carbons (Fsp3) is 0.333. The van der Waals surface area contributed by atoms with Gasteiger partial charge in [-0.1, -0.05) is 6.07 Å². The zero-order valence-corrected chi connectivity index (χ0v) is 10.7. The minimum Gasteiger partial charge on any atom is -0.364 e. The van der Waals surface area contributed by atoms with Crippen LogP contribution in [0.2, 0.25) is 0 Å². The van der Waals surface area contributed by atoms with Crippen molar-refractivity contribution in [3.8, 4) is 0 Å². The van der Waals surface area contributed by atoms with E-state index in [0.717, 1.165) is 11.6 Å². The van der Waals surface area contributed by atoms with Crippen LogP contribution in [0.25, 0.3) is 0 Å². The normalized spacial score (nSPS) is 10.4. The number of pyridine rings is 1. The van der Waals surface area contributed by atoms with Gasteiger partial charge in [-0.05, 0) is 12.1 Å². The van der Waals surface area contributed by atoms with E-state index in [1.54, 1.807) is 18.3 Å². The number of rotatable bonds is 4. The second-order valence-corrected chi connectivity index (χ2v) is 4.20. The van der Waals surface area contributed by atoms with Gasteiger partial charge in [0.15, 0.2) is 0 Å². The first-order chi connectivity index (χ1) is 8.58. The average molecular weight is 249 g/mol. The van der Waals surface area contributed by atoms with E-state index in [2.05, 4.69) is 15.3 Å². The first kappa shape index (κ1) is 12.3. The van der Waals surface area contributed by atoms with E-state index in [0.29, 0.717) is 12.4 Å². The van der Waals surface area contributed by atoms with Gasteiger partial charge < -0.3 is 14.8 Å². The van der Waals surface area contributed by atoms with E-state index >= 15 is 0 Å². The molecule has 2 aromatic rings. The van der Waals surface area contributed by atoms with Crippen molar-refractivity contribution in [3.63, 3.8) is 0 Å². The third-order valence-corrected chi connectivity index (χ3v) is 2.63. The van der Waals surface area contributed by atoms with Crippen molar-refractivity contribution >= 4 is 11.8 Å². The number of halogens is 1. The van der Waals surface area contributed by atoms with Gasteiger partial charge in [0.2, 0.25) is 11.9 Å². The van der Waals surface area contributed by atoms with Gasteiger partial charge in [0.25, 0.3) is 0 Å². The lowest BCUT2D eigenvalue weighted by Gasteiger charge is -2.13. The highest BCUT2D eigenvalue weighted by Gasteiger charge is 2.07. The van der Waals surface area contributed by atoms with Crippen molar-refractivity contribution in [2.24, 2.45) is 7.05 Å². The first-order valence-electron chi connectivity index (χ1n) is 5.62. The van der Waals surface area contributed by atoms with Crippen LogP contribution in [0.5, 0.6) is 0 Å². The Morgan fingerprint density at radius 1 is 1.39 bits per heavy atom. The van der Waals surface area contributed by atoms with Crippen LogP contribution in [0.15, 0.2) is 24.4 Å². The molecule has 5 nitrogen and oxygen atoms in total. The zero-order valence-electron chi connectivity index (χ0n) is 10.7. The Hall–Kier alpha value is -2.11. The predicted molar refractivity (Wildman–Crippen MR) is 69.1 cm³/mol. The van der Waals surface area contributed by atoms with Gasteiger partial charge in [0.1, 0.15) is 5.82 Å². The van der Waals surface area contributed by atoms with Crippen molar-refractivity contribution in [3.05, 3.63) is 36.0 Å². The van der Waals surface area contributed by atoms with Gasteiger partial charge in [-0.25, -0.2) is 9.97 Å². The molecule has 18 heavy (non-hydrogen) atoms. The summed E-state index contributed by atoms with van der Waals surface area (Å²) in [5, 5.41) is 3.06. The highest BCUT2D eigenvalue weighted by Crippen LogP contribution is 2.12. The van der Waals surface area contributed by atoms with Crippen molar-refractivity contribution in [2.75, 3.05) is 24.3 Å². The molecule has 0 aromatic carbocycles. The minimum absolute atomic E-state index is 0.487. The Bertz CT molecular complexity index is 535. The van der Waals surface area contributed by atoms with Crippen LogP contribution in [0, 0.1) is 5.95 Å². The molecule has 0 radical (unpaired) electrons. The molecule has 0 aliphatic carbocycles. The Balaban J connectivity index is 2.07. The Kier molecular flexibility index (Phi) is 3.45. The van der Waals surface area contributed by atoms with Crippen molar-refractivity contribution in [1.82, 2.24) is 14.5 Å². The number of hydrogen-bond donors (Lipinski definition) is 1. The zero-order chi connectivity index (χ0) is 13.1. The summed E-state index contributed by atoms with van der Waals surface area (Å²) in [4.78, 5) is 9.98. The van der Waals surface area contributed by atoms with E-state index in [-0.39, 0.29) is 0 Å². The smallest absolute Gasteiger partial charge is 0.214 e. The Labute approximate surface area is 105 Å². The van der Waals surface area contributed by atoms with Crippen LogP contribution >= 0.6 is 0 Å². The lowest BCUT2D eigenvalue weighted by atomic mass is 10.4. The van der Waals surface area contributed by atoms with Crippen LogP contribution < -0.4 is 10.2 Å². The highest BCUT2D eigenvalue weighted by atomic mass is 19.1. The molecule has 0 bridgehead atoms. The highest BCUT2D eigenvalue weighted by molar-refractivity contribution is 5.36. The lowest BCUT2D eigenvalue weighted by molar-refractivity contribution is 0.585. The van der Waals surface area contributed by atoms with Gasteiger partial charge in [-0.15, -0.1) is 0 Å². The molecule has 96 valence electrons. The van der Waals surface area contributed by atoms with E-state index in [1.807, 2.05) is 30.6 Å². The molecule has 2 rings (SSSR count). The molecule has 0 saturated heterocycles. The van der Waals surface area contributed by atoms with Gasteiger partial charge >= 0.3 is 0 Å². The molecule has 0 aliphatic heterocycles. The second-order valence-electron chi connectivity index (χ2n) is 4.20. The minimum atomic E-state index is -0.487. The quantitative estimate of drug-likeness (QED) is 0.837. The molecule has 0 aliphatic rings. The van der Waals surface area contributed by atoms with Crippen molar-refractivity contribution in [1.29, 1.82) is 0 Å². The maximum absolute atomic E-state index is 12.9. The van der Waals surface area contributed by atoms with Crippen molar-refractivity contribution in [2.45, 2.75) is 6.54 Å².